The van der Waals surface area contributed by atoms with Crippen molar-refractivity contribution in [3.63, 3.8) is 0 Å². The number of aromatic nitrogens is 1. The second kappa shape index (κ2) is 7.76. The van der Waals surface area contributed by atoms with E-state index in [1.54, 1.807) is 13.3 Å². The van der Waals surface area contributed by atoms with Gasteiger partial charge in [-0.1, -0.05) is 26.0 Å². The van der Waals surface area contributed by atoms with Gasteiger partial charge < -0.3 is 14.8 Å². The summed E-state index contributed by atoms with van der Waals surface area (Å²) in [5.41, 5.74) is 2.13. The van der Waals surface area contributed by atoms with Crippen molar-refractivity contribution in [2.45, 2.75) is 33.0 Å². The molecule has 0 saturated carbocycles. The van der Waals surface area contributed by atoms with E-state index in [1.165, 1.54) is 0 Å². The van der Waals surface area contributed by atoms with Crippen molar-refractivity contribution in [1.82, 2.24) is 10.3 Å². The molecule has 0 unspecified atom stereocenters. The fourth-order valence-corrected chi connectivity index (χ4v) is 1.95. The molecule has 4 nitrogen and oxygen atoms in total. The maximum Gasteiger partial charge on any atom is 0.134 e. The van der Waals surface area contributed by atoms with Crippen LogP contribution < -0.4 is 10.1 Å². The van der Waals surface area contributed by atoms with Crippen LogP contribution in [0.3, 0.4) is 0 Å². The van der Waals surface area contributed by atoms with Crippen LogP contribution in [0.2, 0.25) is 0 Å². The Kier molecular flexibility index (Phi) is 5.72. The number of benzene rings is 1. The Balaban J connectivity index is 2.13. The molecule has 1 aromatic carbocycles. The molecule has 0 aliphatic carbocycles. The molecule has 0 amide bonds. The lowest BCUT2D eigenvalue weighted by molar-refractivity contribution is 0.184. The van der Waals surface area contributed by atoms with E-state index in [4.69, 9.17) is 9.47 Å². The number of rotatable bonds is 7. The van der Waals surface area contributed by atoms with Crippen LogP contribution in [-0.2, 0) is 17.9 Å². The van der Waals surface area contributed by atoms with Crippen molar-refractivity contribution in [2.75, 3.05) is 7.11 Å². The molecular weight excluding hydrogens is 264 g/mol. The zero-order chi connectivity index (χ0) is 15.1. The molecule has 0 aliphatic rings. The number of nitrogens with zero attached hydrogens (tertiary/aromatic N) is 1. The summed E-state index contributed by atoms with van der Waals surface area (Å²) in [5, 5.41) is 3.38. The molecule has 21 heavy (non-hydrogen) atoms. The highest BCUT2D eigenvalue weighted by Gasteiger charge is 2.06. The monoisotopic (exact) mass is 286 g/mol. The molecule has 1 heterocycles. The maximum atomic E-state index is 5.99. The third kappa shape index (κ3) is 4.85. The van der Waals surface area contributed by atoms with Crippen LogP contribution in [0.25, 0.3) is 0 Å². The second-order valence-electron chi connectivity index (χ2n) is 5.20. The molecule has 0 spiro atoms. The van der Waals surface area contributed by atoms with Gasteiger partial charge in [0.2, 0.25) is 0 Å². The molecule has 0 radical (unpaired) electrons. The van der Waals surface area contributed by atoms with Gasteiger partial charge in [-0.05, 0) is 23.8 Å². The topological polar surface area (TPSA) is 43.4 Å². The van der Waals surface area contributed by atoms with E-state index < -0.39 is 0 Å². The van der Waals surface area contributed by atoms with Crippen LogP contribution in [0.4, 0.5) is 0 Å². The van der Waals surface area contributed by atoms with Crippen molar-refractivity contribution in [2.24, 2.45) is 0 Å². The normalized spacial score (nSPS) is 10.9. The van der Waals surface area contributed by atoms with Gasteiger partial charge in [0.05, 0.1) is 6.61 Å². The molecule has 0 aliphatic heterocycles. The smallest absolute Gasteiger partial charge is 0.134 e. The van der Waals surface area contributed by atoms with Crippen LogP contribution in [-0.4, -0.2) is 18.1 Å². The minimum absolute atomic E-state index is 0.420. The highest BCUT2D eigenvalue weighted by atomic mass is 16.5. The summed E-state index contributed by atoms with van der Waals surface area (Å²) in [4.78, 5) is 4.17. The molecule has 0 bridgehead atoms. The lowest BCUT2D eigenvalue weighted by atomic mass is 10.2. The Morgan fingerprint density at radius 1 is 1.24 bits per heavy atom. The Labute approximate surface area is 126 Å². The first-order chi connectivity index (χ1) is 10.2. The van der Waals surface area contributed by atoms with Crippen LogP contribution in [0, 0.1) is 0 Å². The molecule has 0 saturated heterocycles. The predicted molar refractivity (Wildman–Crippen MR) is 83.4 cm³/mol. The van der Waals surface area contributed by atoms with E-state index in [0.29, 0.717) is 12.6 Å². The lowest BCUT2D eigenvalue weighted by Gasteiger charge is -2.13. The third-order valence-electron chi connectivity index (χ3n) is 3.00. The zero-order valence-electron chi connectivity index (χ0n) is 12.8. The number of pyridine rings is 1. The van der Waals surface area contributed by atoms with Crippen LogP contribution in [0.1, 0.15) is 25.0 Å². The van der Waals surface area contributed by atoms with Crippen molar-refractivity contribution in [3.8, 4) is 11.5 Å². The summed E-state index contributed by atoms with van der Waals surface area (Å²) in [6, 6.07) is 10.2. The molecule has 2 aromatic rings. The molecule has 1 N–H and O–H groups in total. The van der Waals surface area contributed by atoms with E-state index in [9.17, 15) is 0 Å². The third-order valence-corrected chi connectivity index (χ3v) is 3.00. The van der Waals surface area contributed by atoms with Gasteiger partial charge in [0.1, 0.15) is 11.5 Å². The number of methoxy groups -OCH3 is 1. The fourth-order valence-electron chi connectivity index (χ4n) is 1.95. The summed E-state index contributed by atoms with van der Waals surface area (Å²) >= 11 is 0. The van der Waals surface area contributed by atoms with Gasteiger partial charge in [-0.15, -0.1) is 0 Å². The van der Waals surface area contributed by atoms with Crippen molar-refractivity contribution in [3.05, 3.63) is 53.9 Å². The molecule has 2 rings (SSSR count). The first-order valence-electron chi connectivity index (χ1n) is 7.11. The van der Waals surface area contributed by atoms with E-state index in [0.717, 1.165) is 29.2 Å². The molecule has 0 atom stereocenters. The highest BCUT2D eigenvalue weighted by Crippen LogP contribution is 2.25. The first kappa shape index (κ1) is 15.5. The Morgan fingerprint density at radius 3 is 2.86 bits per heavy atom. The molecule has 4 heteroatoms. The van der Waals surface area contributed by atoms with Gasteiger partial charge in [-0.3, -0.25) is 4.98 Å². The summed E-state index contributed by atoms with van der Waals surface area (Å²) in [5.74, 6) is 1.63. The Hall–Kier alpha value is -1.91. The fraction of sp³-hybridized carbons (Fsp3) is 0.353. The van der Waals surface area contributed by atoms with Gasteiger partial charge >= 0.3 is 0 Å². The summed E-state index contributed by atoms with van der Waals surface area (Å²) in [7, 11) is 1.69. The SMILES string of the molecule is COCc1cccc(Oc2ccncc2CNC(C)C)c1. The largest absolute Gasteiger partial charge is 0.457 e. The minimum atomic E-state index is 0.420. The van der Waals surface area contributed by atoms with Crippen molar-refractivity contribution < 1.29 is 9.47 Å². The summed E-state index contributed by atoms with van der Waals surface area (Å²) in [6.45, 7) is 5.55. The van der Waals surface area contributed by atoms with Crippen molar-refractivity contribution >= 4 is 0 Å². The number of nitrogens with one attached hydrogen (secondary N) is 1. The van der Waals surface area contributed by atoms with Gasteiger partial charge in [-0.25, -0.2) is 0 Å². The maximum absolute atomic E-state index is 5.99. The number of hydrogen-bond donors (Lipinski definition) is 1. The quantitative estimate of drug-likeness (QED) is 0.845. The minimum Gasteiger partial charge on any atom is -0.457 e. The highest BCUT2D eigenvalue weighted by molar-refractivity contribution is 5.37. The van der Waals surface area contributed by atoms with E-state index in [-0.39, 0.29) is 0 Å². The van der Waals surface area contributed by atoms with E-state index in [2.05, 4.69) is 24.1 Å². The average Bonchev–Trinajstić information content (AvgIpc) is 2.47. The average molecular weight is 286 g/mol. The van der Waals surface area contributed by atoms with E-state index >= 15 is 0 Å². The molecule has 0 fully saturated rings. The van der Waals surface area contributed by atoms with Gasteiger partial charge in [0.15, 0.2) is 0 Å². The molecular formula is C17H22N2O2. The predicted octanol–water partition coefficient (Wildman–Crippen LogP) is 3.52. The van der Waals surface area contributed by atoms with E-state index in [1.807, 2.05) is 36.5 Å². The molecule has 1 aromatic heterocycles. The zero-order valence-corrected chi connectivity index (χ0v) is 12.8. The number of hydrogen-bond acceptors (Lipinski definition) is 4. The lowest BCUT2D eigenvalue weighted by Crippen LogP contribution is -2.22. The standard InChI is InChI=1S/C17H22N2O2/c1-13(2)19-11-15-10-18-8-7-17(15)21-16-6-4-5-14(9-16)12-20-3/h4-10,13,19H,11-12H2,1-3H3. The van der Waals surface area contributed by atoms with Crippen LogP contribution >= 0.6 is 0 Å². The van der Waals surface area contributed by atoms with Crippen molar-refractivity contribution in [1.29, 1.82) is 0 Å². The summed E-state index contributed by atoms with van der Waals surface area (Å²) < 4.78 is 11.1. The van der Waals surface area contributed by atoms with Crippen LogP contribution in [0.5, 0.6) is 11.5 Å². The Morgan fingerprint density at radius 2 is 2.10 bits per heavy atom. The second-order valence-corrected chi connectivity index (χ2v) is 5.20. The van der Waals surface area contributed by atoms with Gasteiger partial charge in [0, 0.05) is 37.7 Å². The van der Waals surface area contributed by atoms with Gasteiger partial charge in [-0.2, -0.15) is 0 Å². The number of ether oxygens (including phenoxy) is 2. The summed E-state index contributed by atoms with van der Waals surface area (Å²) in [6.07, 6.45) is 3.58. The van der Waals surface area contributed by atoms with Crippen LogP contribution in [0.15, 0.2) is 42.7 Å². The molecule has 112 valence electrons. The first-order valence-corrected chi connectivity index (χ1v) is 7.11. The van der Waals surface area contributed by atoms with Gasteiger partial charge in [0.25, 0.3) is 0 Å². The Bertz CT molecular complexity index is 570.